The first-order valence-electron chi connectivity index (χ1n) is 9.26. The van der Waals surface area contributed by atoms with Crippen LogP contribution in [0.25, 0.3) is 0 Å². The number of sulfonamides is 1. The van der Waals surface area contributed by atoms with Crippen LogP contribution in [0.5, 0.6) is 0 Å². The van der Waals surface area contributed by atoms with Crippen molar-refractivity contribution in [3.8, 4) is 0 Å². The summed E-state index contributed by atoms with van der Waals surface area (Å²) in [4.78, 5) is 13.2. The third-order valence-electron chi connectivity index (χ3n) is 5.68. The van der Waals surface area contributed by atoms with Crippen molar-refractivity contribution in [2.75, 3.05) is 13.1 Å². The van der Waals surface area contributed by atoms with Crippen molar-refractivity contribution in [2.45, 2.75) is 62.6 Å². The van der Waals surface area contributed by atoms with Crippen LogP contribution in [0.15, 0.2) is 16.3 Å². The van der Waals surface area contributed by atoms with Crippen molar-refractivity contribution in [3.63, 3.8) is 0 Å². The molecule has 140 valence electrons. The van der Waals surface area contributed by atoms with Gasteiger partial charge in [0.15, 0.2) is 0 Å². The van der Waals surface area contributed by atoms with Crippen LogP contribution in [-0.2, 0) is 21.2 Å². The largest absolute Gasteiger partial charge is 0.353 e. The molecule has 2 aliphatic rings. The number of nitrogens with one attached hydrogen (secondary N) is 1. The van der Waals surface area contributed by atoms with E-state index in [1.807, 2.05) is 0 Å². The molecule has 1 aromatic heterocycles. The number of carbonyl (C=O) groups excluding carboxylic acids is 1. The van der Waals surface area contributed by atoms with Gasteiger partial charge in [-0.25, -0.2) is 8.42 Å². The smallest absolute Gasteiger partial charge is 0.252 e. The summed E-state index contributed by atoms with van der Waals surface area (Å²) in [5.41, 5.74) is 0. The first-order valence-corrected chi connectivity index (χ1v) is 11.5. The Morgan fingerprint density at radius 2 is 1.92 bits per heavy atom. The van der Waals surface area contributed by atoms with E-state index >= 15 is 0 Å². The molecule has 0 radical (unpaired) electrons. The van der Waals surface area contributed by atoms with Gasteiger partial charge < -0.3 is 5.32 Å². The molecule has 2 heterocycles. The summed E-state index contributed by atoms with van der Waals surface area (Å²) in [5.74, 6) is 1.13. The van der Waals surface area contributed by atoms with E-state index in [2.05, 4.69) is 19.2 Å². The van der Waals surface area contributed by atoms with Gasteiger partial charge in [-0.2, -0.15) is 4.31 Å². The molecule has 0 aromatic carbocycles. The van der Waals surface area contributed by atoms with Crippen molar-refractivity contribution in [1.29, 1.82) is 0 Å². The molecular formula is C18H28N2O3S2. The van der Waals surface area contributed by atoms with Crippen LogP contribution in [0.3, 0.4) is 0 Å². The van der Waals surface area contributed by atoms with Crippen LogP contribution in [0.1, 0.15) is 50.8 Å². The Bertz CT molecular complexity index is 708. The van der Waals surface area contributed by atoms with Crippen LogP contribution in [0.2, 0.25) is 0 Å². The minimum atomic E-state index is -3.38. The van der Waals surface area contributed by atoms with Gasteiger partial charge >= 0.3 is 0 Å². The van der Waals surface area contributed by atoms with Gasteiger partial charge in [-0.3, -0.25) is 4.79 Å². The third kappa shape index (κ3) is 4.26. The maximum Gasteiger partial charge on any atom is 0.252 e. The molecule has 3 unspecified atom stereocenters. The van der Waals surface area contributed by atoms with Crippen molar-refractivity contribution < 1.29 is 13.2 Å². The summed E-state index contributed by atoms with van der Waals surface area (Å²) in [6.45, 7) is 5.67. The maximum absolute atomic E-state index is 12.6. The molecule has 25 heavy (non-hydrogen) atoms. The molecule has 1 amide bonds. The molecule has 7 heteroatoms. The van der Waals surface area contributed by atoms with E-state index in [9.17, 15) is 13.2 Å². The van der Waals surface area contributed by atoms with Gasteiger partial charge in [0.1, 0.15) is 4.21 Å². The van der Waals surface area contributed by atoms with Crippen molar-refractivity contribution >= 4 is 27.3 Å². The molecule has 1 saturated heterocycles. The molecule has 5 nitrogen and oxygen atoms in total. The van der Waals surface area contributed by atoms with E-state index in [4.69, 9.17) is 0 Å². The van der Waals surface area contributed by atoms with E-state index in [1.54, 1.807) is 16.4 Å². The summed E-state index contributed by atoms with van der Waals surface area (Å²) >= 11 is 1.23. The van der Waals surface area contributed by atoms with Crippen LogP contribution in [-0.4, -0.2) is 37.8 Å². The second-order valence-electron chi connectivity index (χ2n) is 7.45. The summed E-state index contributed by atoms with van der Waals surface area (Å²) in [5, 5.41) is 3.16. The Morgan fingerprint density at radius 1 is 1.20 bits per heavy atom. The SMILES string of the molecule is CC1CCCC(NC(=O)Cc2ccc(S(=O)(=O)N3CCCC3)s2)C1C. The van der Waals surface area contributed by atoms with Gasteiger partial charge in [0, 0.05) is 24.0 Å². The van der Waals surface area contributed by atoms with Crippen LogP contribution in [0, 0.1) is 11.8 Å². The number of nitrogens with zero attached hydrogens (tertiary/aromatic N) is 1. The van der Waals surface area contributed by atoms with Gasteiger partial charge in [-0.1, -0.05) is 26.7 Å². The second-order valence-corrected chi connectivity index (χ2v) is 10.8. The molecule has 1 aliphatic heterocycles. The van der Waals surface area contributed by atoms with Gasteiger partial charge in [-0.15, -0.1) is 11.3 Å². The first-order chi connectivity index (χ1) is 11.9. The standard InChI is InChI=1S/C18H28N2O3S2/c1-13-6-5-7-16(14(13)2)19-17(21)12-15-8-9-18(24-15)25(22,23)20-10-3-4-11-20/h8-9,13-14,16H,3-7,10-12H2,1-2H3,(H,19,21). The summed E-state index contributed by atoms with van der Waals surface area (Å²) < 4.78 is 27.0. The molecule has 1 saturated carbocycles. The third-order valence-corrected chi connectivity index (χ3v) is 9.14. The molecule has 1 N–H and O–H groups in total. The lowest BCUT2D eigenvalue weighted by molar-refractivity contribution is -0.121. The summed E-state index contributed by atoms with van der Waals surface area (Å²) in [7, 11) is -3.38. The fourth-order valence-corrected chi connectivity index (χ4v) is 6.88. The number of hydrogen-bond acceptors (Lipinski definition) is 4. The minimum absolute atomic E-state index is 0.00193. The lowest BCUT2D eigenvalue weighted by Crippen LogP contribution is -2.44. The Hall–Kier alpha value is -0.920. The maximum atomic E-state index is 12.6. The zero-order chi connectivity index (χ0) is 18.0. The highest BCUT2D eigenvalue weighted by Crippen LogP contribution is 2.30. The number of hydrogen-bond donors (Lipinski definition) is 1. The van der Waals surface area contributed by atoms with E-state index in [1.165, 1.54) is 17.8 Å². The quantitative estimate of drug-likeness (QED) is 0.849. The molecule has 3 atom stereocenters. The summed E-state index contributed by atoms with van der Waals surface area (Å²) in [6, 6.07) is 3.66. The molecular weight excluding hydrogens is 356 g/mol. The lowest BCUT2D eigenvalue weighted by Gasteiger charge is -2.34. The molecule has 1 aliphatic carbocycles. The highest BCUT2D eigenvalue weighted by molar-refractivity contribution is 7.91. The van der Waals surface area contributed by atoms with E-state index in [0.717, 1.165) is 30.6 Å². The Balaban J connectivity index is 1.60. The predicted molar refractivity (Wildman–Crippen MR) is 100 cm³/mol. The fourth-order valence-electron chi connectivity index (χ4n) is 3.85. The topological polar surface area (TPSA) is 66.5 Å². The number of amides is 1. The molecule has 2 fully saturated rings. The van der Waals surface area contributed by atoms with Crippen molar-refractivity contribution in [1.82, 2.24) is 9.62 Å². The number of thiophene rings is 1. The fraction of sp³-hybridized carbons (Fsp3) is 0.722. The van der Waals surface area contributed by atoms with Crippen LogP contribution >= 0.6 is 11.3 Å². The normalized spacial score (nSPS) is 28.2. The van der Waals surface area contributed by atoms with Gasteiger partial charge in [-0.05, 0) is 43.2 Å². The zero-order valence-corrected chi connectivity index (χ0v) is 16.7. The number of carbonyl (C=O) groups is 1. The molecule has 0 spiro atoms. The van der Waals surface area contributed by atoms with E-state index in [0.29, 0.717) is 29.1 Å². The van der Waals surface area contributed by atoms with E-state index in [-0.39, 0.29) is 18.4 Å². The molecule has 1 aromatic rings. The van der Waals surface area contributed by atoms with Gasteiger partial charge in [0.25, 0.3) is 10.0 Å². The van der Waals surface area contributed by atoms with Gasteiger partial charge in [0.05, 0.1) is 6.42 Å². The molecule has 0 bridgehead atoms. The highest BCUT2D eigenvalue weighted by Gasteiger charge is 2.30. The highest BCUT2D eigenvalue weighted by atomic mass is 32.2. The summed E-state index contributed by atoms with van der Waals surface area (Å²) in [6.07, 6.45) is 5.55. The second kappa shape index (κ2) is 7.76. The first kappa shape index (κ1) is 18.9. The average molecular weight is 385 g/mol. The van der Waals surface area contributed by atoms with Crippen molar-refractivity contribution in [3.05, 3.63) is 17.0 Å². The van der Waals surface area contributed by atoms with Gasteiger partial charge in [0.2, 0.25) is 5.91 Å². The number of rotatable bonds is 5. The van der Waals surface area contributed by atoms with Crippen molar-refractivity contribution in [2.24, 2.45) is 11.8 Å². The lowest BCUT2D eigenvalue weighted by atomic mass is 9.78. The van der Waals surface area contributed by atoms with Crippen LogP contribution in [0.4, 0.5) is 0 Å². The van der Waals surface area contributed by atoms with Crippen LogP contribution < -0.4 is 5.32 Å². The minimum Gasteiger partial charge on any atom is -0.353 e. The Morgan fingerprint density at radius 3 is 2.64 bits per heavy atom. The molecule has 3 rings (SSSR count). The zero-order valence-electron chi connectivity index (χ0n) is 15.0. The monoisotopic (exact) mass is 384 g/mol. The Labute approximate surface area is 154 Å². The average Bonchev–Trinajstić information content (AvgIpc) is 3.23. The van der Waals surface area contributed by atoms with E-state index < -0.39 is 10.0 Å². The predicted octanol–water partition coefficient (Wildman–Crippen LogP) is 3.02. The Kier molecular flexibility index (Phi) is 5.85.